The summed E-state index contributed by atoms with van der Waals surface area (Å²) in [5.41, 5.74) is 1.62. The fourth-order valence-electron chi connectivity index (χ4n) is 4.22. The van der Waals surface area contributed by atoms with Crippen LogP contribution >= 0.6 is 11.3 Å². The van der Waals surface area contributed by atoms with E-state index in [1.807, 2.05) is 6.92 Å². The van der Waals surface area contributed by atoms with Crippen molar-refractivity contribution in [3.05, 3.63) is 84.5 Å². The number of aromatic nitrogens is 1. The van der Waals surface area contributed by atoms with Crippen LogP contribution in [0.5, 0.6) is 17.2 Å². The van der Waals surface area contributed by atoms with Crippen molar-refractivity contribution in [1.29, 1.82) is 0 Å². The number of allylic oxidation sites excluding steroid dienone is 1. The van der Waals surface area contributed by atoms with Crippen molar-refractivity contribution >= 4 is 23.4 Å². The van der Waals surface area contributed by atoms with E-state index in [9.17, 15) is 14.7 Å². The zero-order valence-electron chi connectivity index (χ0n) is 20.6. The van der Waals surface area contributed by atoms with Crippen LogP contribution in [0.2, 0.25) is 0 Å². The molecular weight excluding hydrogens is 480 g/mol. The number of esters is 1. The zero-order chi connectivity index (χ0) is 25.8. The molecule has 0 fully saturated rings. The minimum absolute atomic E-state index is 0.0632. The molecule has 0 saturated carbocycles. The van der Waals surface area contributed by atoms with Crippen molar-refractivity contribution in [1.82, 2.24) is 4.57 Å². The fourth-order valence-corrected chi connectivity index (χ4v) is 5.23. The van der Waals surface area contributed by atoms with Gasteiger partial charge in [0, 0.05) is 11.1 Å². The van der Waals surface area contributed by atoms with Crippen LogP contribution < -0.4 is 24.4 Å². The number of hydrogen-bond acceptors (Lipinski definition) is 8. The Balaban J connectivity index is 2.07. The summed E-state index contributed by atoms with van der Waals surface area (Å²) in [5, 5.41) is 10.2. The molecule has 1 aliphatic rings. The molecule has 2 heterocycles. The molecule has 0 spiro atoms. The van der Waals surface area contributed by atoms with Crippen LogP contribution in [0.3, 0.4) is 0 Å². The Kier molecular flexibility index (Phi) is 7.59. The number of thiazole rings is 1. The number of aromatic hydroxyl groups is 1. The average Bonchev–Trinajstić information content (AvgIpc) is 3.19. The Morgan fingerprint density at radius 1 is 1.17 bits per heavy atom. The van der Waals surface area contributed by atoms with Crippen molar-refractivity contribution in [2.75, 3.05) is 20.8 Å². The molecule has 0 unspecified atom stereocenters. The summed E-state index contributed by atoms with van der Waals surface area (Å²) in [4.78, 5) is 32.3. The quantitative estimate of drug-likeness (QED) is 0.469. The van der Waals surface area contributed by atoms with Crippen molar-refractivity contribution in [2.45, 2.75) is 32.7 Å². The molecule has 1 aromatic heterocycles. The summed E-state index contributed by atoms with van der Waals surface area (Å²) >= 11 is 1.20. The van der Waals surface area contributed by atoms with E-state index < -0.39 is 12.0 Å². The maximum Gasteiger partial charge on any atom is 0.338 e. The van der Waals surface area contributed by atoms with Gasteiger partial charge in [-0.15, -0.1) is 0 Å². The molecule has 0 radical (unpaired) electrons. The Hall–Kier alpha value is -3.85. The van der Waals surface area contributed by atoms with Gasteiger partial charge in [-0.3, -0.25) is 9.36 Å². The van der Waals surface area contributed by atoms with E-state index in [4.69, 9.17) is 19.2 Å². The van der Waals surface area contributed by atoms with Gasteiger partial charge < -0.3 is 19.3 Å². The van der Waals surface area contributed by atoms with E-state index in [1.54, 1.807) is 62.6 Å². The maximum atomic E-state index is 13.8. The number of methoxy groups -OCH3 is 2. The molecule has 9 heteroatoms. The Morgan fingerprint density at radius 2 is 1.94 bits per heavy atom. The van der Waals surface area contributed by atoms with Crippen molar-refractivity contribution in [2.24, 2.45) is 4.99 Å². The lowest BCUT2D eigenvalue weighted by Crippen LogP contribution is -2.40. The second-order valence-corrected chi connectivity index (χ2v) is 9.09. The lowest BCUT2D eigenvalue weighted by atomic mass is 9.93. The topological polar surface area (TPSA) is 99.4 Å². The van der Waals surface area contributed by atoms with E-state index in [1.165, 1.54) is 23.0 Å². The highest BCUT2D eigenvalue weighted by Gasteiger charge is 2.36. The highest BCUT2D eigenvalue weighted by atomic mass is 32.1. The van der Waals surface area contributed by atoms with E-state index in [0.717, 1.165) is 6.42 Å². The summed E-state index contributed by atoms with van der Waals surface area (Å²) in [7, 11) is 3.09. The van der Waals surface area contributed by atoms with Gasteiger partial charge in [-0.05, 0) is 43.7 Å². The number of nitrogens with zero attached hydrogens (tertiary/aromatic N) is 2. The molecule has 0 amide bonds. The largest absolute Gasteiger partial charge is 0.507 e. The molecule has 0 aliphatic carbocycles. The smallest absolute Gasteiger partial charge is 0.338 e. The summed E-state index contributed by atoms with van der Waals surface area (Å²) in [6.45, 7) is 3.92. The van der Waals surface area contributed by atoms with E-state index in [-0.39, 0.29) is 17.9 Å². The van der Waals surface area contributed by atoms with Gasteiger partial charge in [0.1, 0.15) is 23.3 Å². The van der Waals surface area contributed by atoms with Crippen LogP contribution in [-0.4, -0.2) is 36.5 Å². The number of carbonyl (C=O) groups excluding carboxylic acids is 1. The lowest BCUT2D eigenvalue weighted by Gasteiger charge is -2.27. The van der Waals surface area contributed by atoms with Gasteiger partial charge in [-0.25, -0.2) is 9.79 Å². The molecule has 1 N–H and O–H groups in total. The molecule has 188 valence electrons. The lowest BCUT2D eigenvalue weighted by molar-refractivity contribution is -0.139. The standard InChI is InChI=1S/C27H28N2O6S/c1-5-9-19-23(26(32)35-6-2)24(18-15-17(33-3)12-13-21(18)34-4)29-25(31)22(36-27(29)28-19)14-16-10-7-8-11-20(16)30/h7-8,10-15,24,30H,5-6,9H2,1-4H3/b22-14+/t24-/m1/s1. The number of phenols is 1. The number of ether oxygens (including phenoxy) is 3. The molecule has 3 aromatic rings. The molecule has 36 heavy (non-hydrogen) atoms. The van der Waals surface area contributed by atoms with Crippen LogP contribution in [0.1, 0.15) is 43.9 Å². The highest BCUT2D eigenvalue weighted by Crippen LogP contribution is 2.38. The first-order valence-corrected chi connectivity index (χ1v) is 12.5. The van der Waals surface area contributed by atoms with Crippen LogP contribution in [0.4, 0.5) is 0 Å². The SMILES string of the molecule is CCCC1=C(C(=O)OCC)[C@@H](c2cc(OC)ccc2OC)n2c(s/c(=C/c3ccccc3O)c2=O)=N1. The third kappa shape index (κ3) is 4.66. The first-order chi connectivity index (χ1) is 17.4. The van der Waals surface area contributed by atoms with Crippen molar-refractivity contribution in [3.8, 4) is 17.2 Å². The fraction of sp³-hybridized carbons (Fsp3) is 0.296. The number of fused-ring (bicyclic) bond motifs is 1. The van der Waals surface area contributed by atoms with E-state index in [2.05, 4.69) is 0 Å². The second kappa shape index (κ2) is 10.8. The third-order valence-corrected chi connectivity index (χ3v) is 6.83. The molecule has 1 aliphatic heterocycles. The molecular formula is C27H28N2O6S. The van der Waals surface area contributed by atoms with Crippen LogP contribution in [0.25, 0.3) is 6.08 Å². The predicted octanol–water partition coefficient (Wildman–Crippen LogP) is 3.30. The van der Waals surface area contributed by atoms with Gasteiger partial charge in [0.25, 0.3) is 5.56 Å². The summed E-state index contributed by atoms with van der Waals surface area (Å²) < 4.78 is 18.4. The maximum absolute atomic E-state index is 13.8. The van der Waals surface area contributed by atoms with Gasteiger partial charge in [-0.1, -0.05) is 42.9 Å². The molecule has 4 rings (SSSR count). The van der Waals surface area contributed by atoms with Gasteiger partial charge in [0.2, 0.25) is 0 Å². The van der Waals surface area contributed by atoms with E-state index in [0.29, 0.717) is 49.7 Å². The number of benzene rings is 2. The molecule has 2 aromatic carbocycles. The molecule has 1 atom stereocenters. The van der Waals surface area contributed by atoms with Gasteiger partial charge in [0.15, 0.2) is 4.80 Å². The van der Waals surface area contributed by atoms with Crippen molar-refractivity contribution < 1.29 is 24.1 Å². The minimum atomic E-state index is -0.835. The van der Waals surface area contributed by atoms with Crippen LogP contribution in [0, 0.1) is 0 Å². The van der Waals surface area contributed by atoms with E-state index >= 15 is 0 Å². The number of rotatable bonds is 8. The predicted molar refractivity (Wildman–Crippen MR) is 137 cm³/mol. The van der Waals surface area contributed by atoms with Crippen molar-refractivity contribution in [3.63, 3.8) is 0 Å². The average molecular weight is 509 g/mol. The summed E-state index contributed by atoms with van der Waals surface area (Å²) in [5.74, 6) is 0.581. The number of phenolic OH excluding ortho intramolecular Hbond substituents is 1. The molecule has 8 nitrogen and oxygen atoms in total. The normalized spacial score (nSPS) is 15.3. The van der Waals surface area contributed by atoms with Gasteiger partial charge in [-0.2, -0.15) is 0 Å². The molecule has 0 saturated heterocycles. The highest BCUT2D eigenvalue weighted by molar-refractivity contribution is 7.07. The third-order valence-electron chi connectivity index (χ3n) is 5.85. The summed E-state index contributed by atoms with van der Waals surface area (Å²) in [6.07, 6.45) is 2.91. The number of para-hydroxylation sites is 1. The number of hydrogen-bond donors (Lipinski definition) is 1. The van der Waals surface area contributed by atoms with Gasteiger partial charge >= 0.3 is 5.97 Å². The Labute approximate surface area is 212 Å². The van der Waals surface area contributed by atoms with Crippen LogP contribution in [-0.2, 0) is 9.53 Å². The minimum Gasteiger partial charge on any atom is -0.507 e. The Morgan fingerprint density at radius 3 is 2.61 bits per heavy atom. The summed E-state index contributed by atoms with van der Waals surface area (Å²) in [6, 6.07) is 11.2. The molecule has 0 bridgehead atoms. The first-order valence-electron chi connectivity index (χ1n) is 11.6. The number of carbonyl (C=O) groups is 1. The first kappa shape index (κ1) is 25.2. The monoisotopic (exact) mass is 508 g/mol. The Bertz CT molecular complexity index is 1500. The van der Waals surface area contributed by atoms with Crippen LogP contribution in [0.15, 0.2) is 63.5 Å². The second-order valence-electron chi connectivity index (χ2n) is 8.08. The van der Waals surface area contributed by atoms with Gasteiger partial charge in [0.05, 0.1) is 36.6 Å². The zero-order valence-corrected chi connectivity index (χ0v) is 21.4.